The maximum absolute atomic E-state index is 9.41. The average molecular weight is 270 g/mol. The summed E-state index contributed by atoms with van der Waals surface area (Å²) in [4.78, 5) is 0. The molecule has 0 heterocycles. The number of hydrogen-bond acceptors (Lipinski definition) is 1. The summed E-state index contributed by atoms with van der Waals surface area (Å²) in [6.07, 6.45) is 2.18. The van der Waals surface area contributed by atoms with Crippen LogP contribution in [0, 0.1) is 0 Å². The van der Waals surface area contributed by atoms with Gasteiger partial charge in [-0.1, -0.05) is 60.7 Å². The molecule has 0 spiro atoms. The molecule has 3 aromatic rings. The quantitative estimate of drug-likeness (QED) is 0.518. The maximum Gasteiger partial charge on any atom is 0.115 e. The summed E-state index contributed by atoms with van der Waals surface area (Å²) in [6, 6.07) is 24.3. The molecule has 21 heavy (non-hydrogen) atoms. The fraction of sp³-hybridized carbons (Fsp3) is 0. The minimum absolute atomic E-state index is 0.296. The number of phenolic OH excluding ortho intramolecular Hbond substituents is 1. The van der Waals surface area contributed by atoms with E-state index in [2.05, 4.69) is 54.6 Å². The van der Waals surface area contributed by atoms with Crippen LogP contribution in [-0.4, -0.2) is 5.11 Å². The number of hydrogen-bond donors (Lipinski definition) is 1. The highest BCUT2D eigenvalue weighted by molar-refractivity contribution is 6.06. The second kappa shape index (κ2) is 4.64. The Hall–Kier alpha value is -2.80. The zero-order chi connectivity index (χ0) is 14.2. The number of rotatable bonds is 1. The normalized spacial score (nSPS) is 11.9. The first-order chi connectivity index (χ1) is 10.3. The summed E-state index contributed by atoms with van der Waals surface area (Å²) in [5.41, 5.74) is 7.45. The summed E-state index contributed by atoms with van der Waals surface area (Å²) < 4.78 is 0. The lowest BCUT2D eigenvalue weighted by Gasteiger charge is -2.03. The Morgan fingerprint density at radius 3 is 1.57 bits per heavy atom. The lowest BCUT2D eigenvalue weighted by Crippen LogP contribution is -1.81. The molecule has 0 aromatic heterocycles. The summed E-state index contributed by atoms with van der Waals surface area (Å²) in [7, 11) is 0. The van der Waals surface area contributed by atoms with E-state index < -0.39 is 0 Å². The first kappa shape index (κ1) is 12.0. The topological polar surface area (TPSA) is 20.2 Å². The number of fused-ring (bicyclic) bond motifs is 3. The van der Waals surface area contributed by atoms with E-state index in [1.165, 1.54) is 27.8 Å². The maximum atomic E-state index is 9.41. The predicted molar refractivity (Wildman–Crippen MR) is 87.0 cm³/mol. The molecule has 1 N–H and O–H groups in total. The molecule has 0 unspecified atom stereocenters. The van der Waals surface area contributed by atoms with E-state index in [1.54, 1.807) is 12.1 Å². The lowest BCUT2D eigenvalue weighted by molar-refractivity contribution is 0.475. The molecular weight excluding hydrogens is 256 g/mol. The van der Waals surface area contributed by atoms with Gasteiger partial charge >= 0.3 is 0 Å². The van der Waals surface area contributed by atoms with Crippen LogP contribution in [0.3, 0.4) is 0 Å². The first-order valence-corrected chi connectivity index (χ1v) is 7.03. The highest BCUT2D eigenvalue weighted by atomic mass is 16.3. The van der Waals surface area contributed by atoms with Gasteiger partial charge in [-0.2, -0.15) is 0 Å². The second-order valence-electron chi connectivity index (χ2n) is 5.24. The minimum Gasteiger partial charge on any atom is -0.508 e. The summed E-state index contributed by atoms with van der Waals surface area (Å²) in [6.45, 7) is 0. The highest BCUT2D eigenvalue weighted by Gasteiger charge is 2.21. The average Bonchev–Trinajstić information content (AvgIpc) is 2.85. The van der Waals surface area contributed by atoms with Crippen LogP contribution in [0.5, 0.6) is 5.75 Å². The van der Waals surface area contributed by atoms with Gasteiger partial charge in [-0.25, -0.2) is 0 Å². The van der Waals surface area contributed by atoms with Gasteiger partial charge < -0.3 is 5.11 Å². The Morgan fingerprint density at radius 1 is 0.571 bits per heavy atom. The summed E-state index contributed by atoms with van der Waals surface area (Å²) >= 11 is 0. The van der Waals surface area contributed by atoms with Gasteiger partial charge in [0.1, 0.15) is 5.75 Å². The van der Waals surface area contributed by atoms with Crippen molar-refractivity contribution in [3.63, 3.8) is 0 Å². The van der Waals surface area contributed by atoms with Crippen LogP contribution in [0.1, 0.15) is 16.7 Å². The first-order valence-electron chi connectivity index (χ1n) is 7.03. The Morgan fingerprint density at radius 2 is 1.05 bits per heavy atom. The molecule has 0 atom stereocenters. The van der Waals surface area contributed by atoms with Crippen molar-refractivity contribution in [2.75, 3.05) is 0 Å². The van der Waals surface area contributed by atoms with Crippen molar-refractivity contribution in [1.82, 2.24) is 0 Å². The third-order valence-corrected chi connectivity index (χ3v) is 3.93. The predicted octanol–water partition coefficient (Wildman–Crippen LogP) is 4.96. The monoisotopic (exact) mass is 270 g/mol. The summed E-state index contributed by atoms with van der Waals surface area (Å²) in [5.74, 6) is 0.296. The molecule has 100 valence electrons. The van der Waals surface area contributed by atoms with Crippen molar-refractivity contribution in [1.29, 1.82) is 0 Å². The largest absolute Gasteiger partial charge is 0.508 e. The van der Waals surface area contributed by atoms with E-state index in [0.717, 1.165) is 5.56 Å². The fourth-order valence-electron chi connectivity index (χ4n) is 2.94. The third kappa shape index (κ3) is 1.95. The van der Waals surface area contributed by atoms with Crippen molar-refractivity contribution in [3.8, 4) is 16.9 Å². The molecule has 0 saturated heterocycles. The van der Waals surface area contributed by atoms with Gasteiger partial charge in [0.2, 0.25) is 0 Å². The van der Waals surface area contributed by atoms with Gasteiger partial charge in [0, 0.05) is 0 Å². The zero-order valence-electron chi connectivity index (χ0n) is 11.5. The van der Waals surface area contributed by atoms with Gasteiger partial charge in [-0.05, 0) is 51.6 Å². The lowest BCUT2D eigenvalue weighted by atomic mass is 10.0. The van der Waals surface area contributed by atoms with E-state index in [0.29, 0.717) is 5.75 Å². The van der Waals surface area contributed by atoms with Crippen LogP contribution in [0.25, 0.3) is 22.8 Å². The van der Waals surface area contributed by atoms with E-state index >= 15 is 0 Å². The molecular formula is C20H14O. The molecule has 1 aliphatic carbocycles. The molecule has 1 aliphatic rings. The van der Waals surface area contributed by atoms with Gasteiger partial charge in [0.25, 0.3) is 0 Å². The van der Waals surface area contributed by atoms with Gasteiger partial charge in [-0.3, -0.25) is 0 Å². The minimum atomic E-state index is 0.296. The molecule has 0 radical (unpaired) electrons. The van der Waals surface area contributed by atoms with Gasteiger partial charge in [-0.15, -0.1) is 0 Å². The Kier molecular flexibility index (Phi) is 2.65. The molecule has 0 fully saturated rings. The highest BCUT2D eigenvalue weighted by Crippen LogP contribution is 2.44. The van der Waals surface area contributed by atoms with Crippen molar-refractivity contribution in [2.45, 2.75) is 0 Å². The molecule has 3 aromatic carbocycles. The van der Waals surface area contributed by atoms with E-state index in [1.807, 2.05) is 12.1 Å². The Labute approximate surface area is 123 Å². The smallest absolute Gasteiger partial charge is 0.115 e. The molecule has 1 heteroatoms. The molecule has 1 nitrogen and oxygen atoms in total. The van der Waals surface area contributed by atoms with Crippen LogP contribution in [0.15, 0.2) is 72.8 Å². The van der Waals surface area contributed by atoms with Crippen molar-refractivity contribution in [3.05, 3.63) is 89.5 Å². The number of phenols is 1. The molecule has 0 amide bonds. The second-order valence-corrected chi connectivity index (χ2v) is 5.24. The summed E-state index contributed by atoms with van der Waals surface area (Å²) in [5, 5.41) is 9.41. The van der Waals surface area contributed by atoms with E-state index in [4.69, 9.17) is 0 Å². The standard InChI is InChI=1S/C20H14O/c21-15-11-9-14(10-12-15)13-20-18-7-3-1-5-16(18)17-6-2-4-8-19(17)20/h1-13,21H. The van der Waals surface area contributed by atoms with Crippen LogP contribution in [-0.2, 0) is 0 Å². The Balaban J connectivity index is 1.94. The van der Waals surface area contributed by atoms with Crippen LogP contribution in [0.2, 0.25) is 0 Å². The molecule has 4 rings (SSSR count). The molecule has 0 bridgehead atoms. The van der Waals surface area contributed by atoms with Crippen LogP contribution < -0.4 is 0 Å². The molecule has 0 aliphatic heterocycles. The van der Waals surface area contributed by atoms with Crippen LogP contribution in [0.4, 0.5) is 0 Å². The van der Waals surface area contributed by atoms with Crippen molar-refractivity contribution >= 4 is 11.6 Å². The van der Waals surface area contributed by atoms with Crippen molar-refractivity contribution < 1.29 is 5.11 Å². The number of aromatic hydroxyl groups is 1. The zero-order valence-corrected chi connectivity index (χ0v) is 11.5. The van der Waals surface area contributed by atoms with E-state index in [-0.39, 0.29) is 0 Å². The molecule has 0 saturated carbocycles. The number of benzene rings is 3. The van der Waals surface area contributed by atoms with Gasteiger partial charge in [0.15, 0.2) is 0 Å². The Bertz CT molecular complexity index is 794. The van der Waals surface area contributed by atoms with Crippen molar-refractivity contribution in [2.24, 2.45) is 0 Å². The van der Waals surface area contributed by atoms with E-state index in [9.17, 15) is 5.11 Å². The fourth-order valence-corrected chi connectivity index (χ4v) is 2.94. The van der Waals surface area contributed by atoms with Gasteiger partial charge in [0.05, 0.1) is 0 Å². The third-order valence-electron chi connectivity index (χ3n) is 3.93. The van der Waals surface area contributed by atoms with Crippen LogP contribution >= 0.6 is 0 Å². The SMILES string of the molecule is Oc1ccc(C=C2c3ccccc3-c3ccccc32)cc1.